The van der Waals surface area contributed by atoms with Crippen LogP contribution in [0.4, 0.5) is 5.69 Å². The van der Waals surface area contributed by atoms with E-state index >= 15 is 0 Å². The van der Waals surface area contributed by atoms with Gasteiger partial charge in [-0.3, -0.25) is 0 Å². The zero-order chi connectivity index (χ0) is 14.8. The second-order valence-corrected chi connectivity index (χ2v) is 5.85. The number of fused-ring (bicyclic) bond motifs is 1. The first-order valence-electron chi connectivity index (χ1n) is 6.20. The minimum Gasteiger partial charge on any atom is -0.455 e. The Morgan fingerprint density at radius 2 is 2.05 bits per heavy atom. The second kappa shape index (κ2) is 5.71. The molecule has 0 aliphatic carbocycles. The van der Waals surface area contributed by atoms with E-state index in [9.17, 15) is 4.79 Å². The summed E-state index contributed by atoms with van der Waals surface area (Å²) in [6.07, 6.45) is 0. The Labute approximate surface area is 130 Å². The number of para-hydroxylation sites is 1. The van der Waals surface area contributed by atoms with Gasteiger partial charge in [-0.2, -0.15) is 0 Å². The smallest absolute Gasteiger partial charge is 0.340 e. The number of esters is 1. The Morgan fingerprint density at radius 3 is 2.86 bits per heavy atom. The number of anilines is 1. The first-order valence-corrected chi connectivity index (χ1v) is 7.40. The highest BCUT2D eigenvalue weighted by atomic mass is 35.5. The summed E-state index contributed by atoms with van der Waals surface area (Å²) in [6, 6.07) is 12.6. The van der Waals surface area contributed by atoms with Crippen molar-refractivity contribution >= 4 is 44.8 Å². The standard InChI is InChI=1S/C15H11ClN2O2S/c16-14-9(4-3-5-10(14)17)15(19)20-8-13-18-11-6-1-2-7-12(11)21-13/h1-7H,8,17H2. The Morgan fingerprint density at radius 1 is 1.24 bits per heavy atom. The summed E-state index contributed by atoms with van der Waals surface area (Å²) in [5, 5.41) is 0.955. The molecule has 6 heteroatoms. The number of aromatic nitrogens is 1. The maximum Gasteiger partial charge on any atom is 0.340 e. The fourth-order valence-electron chi connectivity index (χ4n) is 1.89. The number of nitrogens with zero attached hydrogens (tertiary/aromatic N) is 1. The third kappa shape index (κ3) is 2.84. The van der Waals surface area contributed by atoms with Crippen LogP contribution in [0.25, 0.3) is 10.2 Å². The van der Waals surface area contributed by atoms with Gasteiger partial charge < -0.3 is 10.5 Å². The lowest BCUT2D eigenvalue weighted by Gasteiger charge is -2.06. The van der Waals surface area contributed by atoms with Crippen LogP contribution in [0.2, 0.25) is 5.02 Å². The number of halogens is 1. The van der Waals surface area contributed by atoms with Crippen molar-refractivity contribution in [3.8, 4) is 0 Å². The van der Waals surface area contributed by atoms with Crippen LogP contribution < -0.4 is 5.73 Å². The number of hydrogen-bond donors (Lipinski definition) is 1. The monoisotopic (exact) mass is 318 g/mol. The van der Waals surface area contributed by atoms with Crippen LogP contribution in [0.15, 0.2) is 42.5 Å². The number of carbonyl (C=O) groups excluding carboxylic acids is 1. The van der Waals surface area contributed by atoms with Crippen LogP contribution in [0.3, 0.4) is 0 Å². The van der Waals surface area contributed by atoms with E-state index in [1.165, 1.54) is 11.3 Å². The molecule has 1 heterocycles. The molecule has 0 bridgehead atoms. The highest BCUT2D eigenvalue weighted by Crippen LogP contribution is 2.25. The summed E-state index contributed by atoms with van der Waals surface area (Å²) in [5.74, 6) is -0.508. The zero-order valence-electron chi connectivity index (χ0n) is 10.9. The molecule has 0 saturated heterocycles. The molecule has 0 atom stereocenters. The van der Waals surface area contributed by atoms with E-state index in [4.69, 9.17) is 22.1 Å². The predicted octanol–water partition coefficient (Wildman–Crippen LogP) is 3.89. The fourth-order valence-corrected chi connectivity index (χ4v) is 2.98. The van der Waals surface area contributed by atoms with Crippen molar-refractivity contribution in [1.82, 2.24) is 4.98 Å². The predicted molar refractivity (Wildman–Crippen MR) is 84.6 cm³/mol. The van der Waals surface area contributed by atoms with Crippen LogP contribution in [-0.2, 0) is 11.3 Å². The number of nitrogen functional groups attached to an aromatic ring is 1. The van der Waals surface area contributed by atoms with Crippen LogP contribution in [0.5, 0.6) is 0 Å². The molecule has 3 aromatic rings. The van der Waals surface area contributed by atoms with Crippen molar-refractivity contribution in [2.24, 2.45) is 0 Å². The lowest BCUT2D eigenvalue weighted by atomic mass is 10.2. The van der Waals surface area contributed by atoms with Crippen molar-refractivity contribution in [3.63, 3.8) is 0 Å². The van der Waals surface area contributed by atoms with Crippen LogP contribution >= 0.6 is 22.9 Å². The Balaban J connectivity index is 1.75. The highest BCUT2D eigenvalue weighted by Gasteiger charge is 2.14. The average molecular weight is 319 g/mol. The van der Waals surface area contributed by atoms with Crippen molar-refractivity contribution in [3.05, 3.63) is 58.1 Å². The molecule has 0 fully saturated rings. The van der Waals surface area contributed by atoms with Gasteiger partial charge in [0.1, 0.15) is 11.6 Å². The molecule has 106 valence electrons. The van der Waals surface area contributed by atoms with E-state index in [2.05, 4.69) is 4.98 Å². The van der Waals surface area contributed by atoms with E-state index in [0.29, 0.717) is 5.69 Å². The molecule has 0 amide bonds. The third-order valence-corrected chi connectivity index (χ3v) is 4.35. The van der Waals surface area contributed by atoms with Gasteiger partial charge in [-0.25, -0.2) is 9.78 Å². The van der Waals surface area contributed by atoms with Crippen molar-refractivity contribution in [2.75, 3.05) is 5.73 Å². The van der Waals surface area contributed by atoms with E-state index in [-0.39, 0.29) is 17.2 Å². The van der Waals surface area contributed by atoms with Crippen molar-refractivity contribution in [1.29, 1.82) is 0 Å². The first kappa shape index (κ1) is 13.9. The zero-order valence-corrected chi connectivity index (χ0v) is 12.4. The van der Waals surface area contributed by atoms with Gasteiger partial charge in [-0.05, 0) is 24.3 Å². The number of hydrogen-bond acceptors (Lipinski definition) is 5. The SMILES string of the molecule is Nc1cccc(C(=O)OCc2nc3ccccc3s2)c1Cl. The van der Waals surface area contributed by atoms with Crippen LogP contribution in [0.1, 0.15) is 15.4 Å². The molecule has 3 rings (SSSR count). The maximum absolute atomic E-state index is 12.0. The molecule has 4 nitrogen and oxygen atoms in total. The molecule has 0 aliphatic heterocycles. The van der Waals surface area contributed by atoms with Crippen molar-refractivity contribution < 1.29 is 9.53 Å². The average Bonchev–Trinajstić information content (AvgIpc) is 2.90. The fraction of sp³-hybridized carbons (Fsp3) is 0.0667. The number of nitrogens with two attached hydrogens (primary N) is 1. The minimum atomic E-state index is -0.508. The molecule has 2 aromatic carbocycles. The van der Waals surface area contributed by atoms with E-state index in [0.717, 1.165) is 15.2 Å². The number of carbonyl (C=O) groups is 1. The molecule has 0 spiro atoms. The summed E-state index contributed by atoms with van der Waals surface area (Å²) in [5.41, 5.74) is 7.18. The van der Waals surface area contributed by atoms with E-state index < -0.39 is 5.97 Å². The number of benzene rings is 2. The van der Waals surface area contributed by atoms with Gasteiger partial charge in [-0.1, -0.05) is 29.8 Å². The van der Waals surface area contributed by atoms with Gasteiger partial charge >= 0.3 is 5.97 Å². The number of ether oxygens (including phenoxy) is 1. The molecule has 2 N–H and O–H groups in total. The van der Waals surface area contributed by atoms with Gasteiger partial charge in [-0.15, -0.1) is 11.3 Å². The van der Waals surface area contributed by atoms with Crippen LogP contribution in [0, 0.1) is 0 Å². The minimum absolute atomic E-state index is 0.114. The molecule has 0 aliphatic rings. The maximum atomic E-state index is 12.0. The Kier molecular flexibility index (Phi) is 3.77. The highest BCUT2D eigenvalue weighted by molar-refractivity contribution is 7.18. The number of rotatable bonds is 3. The summed E-state index contributed by atoms with van der Waals surface area (Å²) in [4.78, 5) is 16.4. The molecular weight excluding hydrogens is 308 g/mol. The van der Waals surface area contributed by atoms with Gasteiger partial charge in [0.05, 0.1) is 26.5 Å². The Hall–Kier alpha value is -2.11. The largest absolute Gasteiger partial charge is 0.455 e. The topological polar surface area (TPSA) is 65.2 Å². The summed E-state index contributed by atoms with van der Waals surface area (Å²) in [7, 11) is 0. The summed E-state index contributed by atoms with van der Waals surface area (Å²) >= 11 is 7.49. The summed E-state index contributed by atoms with van der Waals surface area (Å²) in [6.45, 7) is 0.114. The van der Waals surface area contributed by atoms with Crippen molar-refractivity contribution in [2.45, 2.75) is 6.61 Å². The quantitative estimate of drug-likeness (QED) is 0.587. The molecular formula is C15H11ClN2O2S. The molecule has 0 radical (unpaired) electrons. The first-order chi connectivity index (χ1) is 10.1. The summed E-state index contributed by atoms with van der Waals surface area (Å²) < 4.78 is 6.31. The Bertz CT molecular complexity index is 783. The third-order valence-electron chi connectivity index (χ3n) is 2.91. The van der Waals surface area contributed by atoms with Gasteiger partial charge in [0, 0.05) is 0 Å². The van der Waals surface area contributed by atoms with Crippen LogP contribution in [-0.4, -0.2) is 11.0 Å². The molecule has 0 saturated carbocycles. The lowest BCUT2D eigenvalue weighted by molar-refractivity contribution is 0.0473. The normalized spacial score (nSPS) is 10.7. The number of thiazole rings is 1. The second-order valence-electron chi connectivity index (χ2n) is 4.36. The van der Waals surface area contributed by atoms with Gasteiger partial charge in [0.15, 0.2) is 0 Å². The molecule has 1 aromatic heterocycles. The van der Waals surface area contributed by atoms with E-state index in [1.54, 1.807) is 18.2 Å². The lowest BCUT2D eigenvalue weighted by Crippen LogP contribution is -2.06. The van der Waals surface area contributed by atoms with Gasteiger partial charge in [0.2, 0.25) is 0 Å². The van der Waals surface area contributed by atoms with E-state index in [1.807, 2.05) is 24.3 Å². The molecule has 21 heavy (non-hydrogen) atoms. The molecule has 0 unspecified atom stereocenters. The van der Waals surface area contributed by atoms with Gasteiger partial charge in [0.25, 0.3) is 0 Å².